The Balaban J connectivity index is 2.24. The van der Waals surface area contributed by atoms with Gasteiger partial charge in [-0.05, 0) is 0 Å². The molecule has 1 heterocycles. The first-order valence-electron chi connectivity index (χ1n) is 5.78. The molecule has 0 N–H and O–H groups in total. The van der Waals surface area contributed by atoms with E-state index in [1.807, 2.05) is 25.1 Å². The van der Waals surface area contributed by atoms with Crippen molar-refractivity contribution >= 4 is 21.9 Å². The third kappa shape index (κ3) is 3.40. The van der Waals surface area contributed by atoms with Crippen LogP contribution in [0.15, 0.2) is 20.5 Å². The predicted octanol–water partition coefficient (Wildman–Crippen LogP) is 2.54. The molecule has 1 atom stereocenters. The molecule has 0 fully saturated rings. The van der Waals surface area contributed by atoms with Crippen LogP contribution in [0.25, 0.3) is 0 Å². The van der Waals surface area contributed by atoms with Gasteiger partial charge in [-0.1, -0.05) is 0 Å². The van der Waals surface area contributed by atoms with Gasteiger partial charge in [0.05, 0.1) is 0 Å². The minimum absolute atomic E-state index is 0.101. The summed E-state index contributed by atoms with van der Waals surface area (Å²) in [5.41, 5.74) is 1.81. The summed E-state index contributed by atoms with van der Waals surface area (Å²) in [5.74, 6) is 0.740. The van der Waals surface area contributed by atoms with Gasteiger partial charge in [0.2, 0.25) is 0 Å². The SMILES string of the molecule is [CH2]=[U]=[N]CCc1ccc2c(c1)C(=O)C[C@@](C)(S)O2. The molecule has 0 saturated carbocycles. The van der Waals surface area contributed by atoms with Crippen LogP contribution in [0.3, 0.4) is 0 Å². The number of ketones is 1. The summed E-state index contributed by atoms with van der Waals surface area (Å²) < 4.78 is 14.0. The van der Waals surface area contributed by atoms with Crippen molar-refractivity contribution in [2.45, 2.75) is 24.7 Å². The number of ether oxygens (including phenoxy) is 1. The monoisotopic (exact) mass is 487 g/mol. The molecule has 0 bridgehead atoms. The third-order valence-electron chi connectivity index (χ3n) is 2.79. The van der Waals surface area contributed by atoms with Crippen molar-refractivity contribution in [1.82, 2.24) is 0 Å². The summed E-state index contributed by atoms with van der Waals surface area (Å²) in [7, 11) is 0. The maximum atomic E-state index is 12.0. The van der Waals surface area contributed by atoms with Gasteiger partial charge in [0.25, 0.3) is 0 Å². The van der Waals surface area contributed by atoms with E-state index in [-0.39, 0.29) is 5.78 Å². The van der Waals surface area contributed by atoms with E-state index in [1.54, 1.807) is 0 Å². The van der Waals surface area contributed by atoms with Crippen LogP contribution in [0.4, 0.5) is 0 Å². The van der Waals surface area contributed by atoms with Gasteiger partial charge in [0.15, 0.2) is 0 Å². The second kappa shape index (κ2) is 5.81. The average molecular weight is 487 g/mol. The van der Waals surface area contributed by atoms with E-state index < -0.39 is 32.0 Å². The summed E-state index contributed by atoms with van der Waals surface area (Å²) in [6.45, 7) is 2.64. The number of carbonyl (C=O) groups is 1. The molecule has 1 aromatic carbocycles. The van der Waals surface area contributed by atoms with E-state index >= 15 is 0 Å². The molecule has 0 spiro atoms. The number of Topliss-reactive ketones (excluding diaryl/α,β-unsaturated/α-hetero) is 1. The van der Waals surface area contributed by atoms with Crippen LogP contribution in [0.2, 0.25) is 0 Å². The molecule has 18 heavy (non-hydrogen) atoms. The van der Waals surface area contributed by atoms with Gasteiger partial charge in [-0.3, -0.25) is 0 Å². The molecule has 0 unspecified atom stereocenters. The van der Waals surface area contributed by atoms with Crippen molar-refractivity contribution < 1.29 is 36.6 Å². The second-order valence-electron chi connectivity index (χ2n) is 4.50. The van der Waals surface area contributed by atoms with E-state index in [9.17, 15) is 4.79 Å². The van der Waals surface area contributed by atoms with Crippen molar-refractivity contribution in [3.05, 3.63) is 29.3 Å². The minimum atomic E-state index is -1.01. The summed E-state index contributed by atoms with van der Waals surface area (Å²) in [6.07, 6.45) is 1.19. The number of thiol groups is 1. The quantitative estimate of drug-likeness (QED) is 0.666. The van der Waals surface area contributed by atoms with Crippen LogP contribution in [0.5, 0.6) is 5.75 Å². The summed E-state index contributed by atoms with van der Waals surface area (Å²) in [6, 6.07) is 5.79. The fourth-order valence-corrected chi connectivity index (χ4v) is 3.34. The van der Waals surface area contributed by atoms with Crippen molar-refractivity contribution in [3.8, 4) is 5.75 Å². The van der Waals surface area contributed by atoms with Crippen molar-refractivity contribution in [2.75, 3.05) is 6.54 Å². The maximum absolute atomic E-state index is 12.0. The van der Waals surface area contributed by atoms with Crippen LogP contribution in [0, 0.1) is 27.1 Å². The molecule has 0 aliphatic carbocycles. The standard InChI is InChI=1S/C12H13NO2S.CH2.U/c1-12(16)7-10(14)9-6-8(4-5-13)2-3-11(9)15-12;;/h2-3,6,16H,4-5,7H2,1H3;1H2;/t12-;;/m1../s1. The normalized spacial score (nSPS) is 21.8. The number of rotatable bonds is 3. The van der Waals surface area contributed by atoms with Gasteiger partial charge in [-0.15, -0.1) is 0 Å². The fraction of sp³-hybridized carbons (Fsp3) is 0.385. The number of fused-ring (bicyclic) bond motifs is 1. The topological polar surface area (TPSA) is 38.7 Å². The van der Waals surface area contributed by atoms with Crippen LogP contribution in [0.1, 0.15) is 29.3 Å². The van der Waals surface area contributed by atoms with E-state index in [4.69, 9.17) is 4.74 Å². The van der Waals surface area contributed by atoms with Crippen LogP contribution < -0.4 is 4.74 Å². The van der Waals surface area contributed by atoms with Gasteiger partial charge in [0, 0.05) is 0 Å². The number of hydrogen-bond donors (Lipinski definition) is 1. The number of carbonyl (C=O) groups excluding carboxylic acids is 1. The molecule has 1 aromatic rings. The van der Waals surface area contributed by atoms with Crippen molar-refractivity contribution in [2.24, 2.45) is 2.26 Å². The Hall–Kier alpha value is -0.238. The first-order chi connectivity index (χ1) is 8.52. The second-order valence-corrected chi connectivity index (χ2v) is 8.08. The Morgan fingerprint density at radius 2 is 2.39 bits per heavy atom. The van der Waals surface area contributed by atoms with E-state index in [0.717, 1.165) is 18.5 Å². The molecule has 3 nitrogen and oxygen atoms in total. The summed E-state index contributed by atoms with van der Waals surface area (Å²) >= 11 is 3.33. The molecular formula is C13H15NO2SU. The number of hydrogen-bond acceptors (Lipinski definition) is 4. The Bertz CT molecular complexity index is 536. The van der Waals surface area contributed by atoms with Gasteiger partial charge < -0.3 is 0 Å². The molecule has 2 rings (SSSR count). The Morgan fingerprint density at radius 3 is 3.11 bits per heavy atom. The number of nitrogens with zero attached hydrogens (tertiary/aromatic N) is 1. The molecule has 5 heteroatoms. The van der Waals surface area contributed by atoms with E-state index in [0.29, 0.717) is 17.7 Å². The first-order valence-corrected chi connectivity index (χ1v) is 11.0. The molecular weight excluding hydrogens is 472 g/mol. The molecule has 1 aliphatic rings. The van der Waals surface area contributed by atoms with E-state index in [2.05, 4.69) is 18.4 Å². The van der Waals surface area contributed by atoms with Gasteiger partial charge in [-0.2, -0.15) is 0 Å². The molecule has 0 saturated heterocycles. The van der Waals surface area contributed by atoms with Crippen LogP contribution in [-0.4, -0.2) is 20.8 Å². The average Bonchev–Trinajstić information content (AvgIpc) is 2.29. The summed E-state index contributed by atoms with van der Waals surface area (Å²) in [5, 5.41) is 0. The molecule has 0 amide bonds. The Morgan fingerprint density at radius 1 is 1.61 bits per heavy atom. The van der Waals surface area contributed by atoms with Crippen molar-refractivity contribution in [1.29, 1.82) is 0 Å². The van der Waals surface area contributed by atoms with Crippen molar-refractivity contribution in [3.63, 3.8) is 0 Å². The van der Waals surface area contributed by atoms with Gasteiger partial charge in [-0.25, -0.2) is 0 Å². The van der Waals surface area contributed by atoms with Crippen LogP contribution >= 0.6 is 12.6 Å². The molecule has 0 aromatic heterocycles. The van der Waals surface area contributed by atoms with Crippen LogP contribution in [-0.2, 0) is 6.42 Å². The van der Waals surface area contributed by atoms with Gasteiger partial charge >= 0.3 is 127 Å². The van der Waals surface area contributed by atoms with Gasteiger partial charge in [0.1, 0.15) is 0 Å². The first kappa shape index (κ1) is 14.2. The zero-order valence-corrected chi connectivity index (χ0v) is 15.3. The zero-order chi connectivity index (χ0) is 13.2. The van der Waals surface area contributed by atoms with E-state index in [1.165, 1.54) is 0 Å². The fourth-order valence-electron chi connectivity index (χ4n) is 1.97. The Labute approximate surface area is 126 Å². The number of benzene rings is 1. The molecule has 1 aliphatic heterocycles. The third-order valence-corrected chi connectivity index (χ3v) is 4.90. The zero-order valence-electron chi connectivity index (χ0n) is 10.3. The molecule has 94 valence electrons. The summed E-state index contributed by atoms with van der Waals surface area (Å²) in [4.78, 5) is 11.3. The Kier molecular flexibility index (Phi) is 4.58. The molecule has 0 radical (unpaired) electrons. The predicted molar refractivity (Wildman–Crippen MR) is 71.5 cm³/mol.